The smallest absolute Gasteiger partial charge is 0.270 e. The summed E-state index contributed by atoms with van der Waals surface area (Å²) in [5.41, 5.74) is 4.52. The summed E-state index contributed by atoms with van der Waals surface area (Å²) in [6.07, 6.45) is 1.38. The maximum atomic E-state index is 12.5. The van der Waals surface area contributed by atoms with Gasteiger partial charge in [0.05, 0.1) is 7.11 Å². The summed E-state index contributed by atoms with van der Waals surface area (Å²) in [5.74, 6) is 1.03. The molecule has 0 radical (unpaired) electrons. The molecule has 0 aliphatic heterocycles. The Hall–Kier alpha value is -3.41. The summed E-state index contributed by atoms with van der Waals surface area (Å²) in [6, 6.07) is 15.3. The highest BCUT2D eigenvalue weighted by molar-refractivity contribution is 5.93. The number of nitrogens with one attached hydrogen (secondary N) is 2. The van der Waals surface area contributed by atoms with Crippen LogP contribution in [0.25, 0.3) is 0 Å². The third kappa shape index (κ3) is 4.61. The Labute approximate surface area is 158 Å². The maximum absolute atomic E-state index is 12.5. The van der Waals surface area contributed by atoms with Gasteiger partial charge in [0.15, 0.2) is 0 Å². The largest absolute Gasteiger partial charge is 0.496 e. The van der Waals surface area contributed by atoms with Crippen molar-refractivity contribution in [3.05, 3.63) is 77.2 Å². The molecule has 0 unspecified atom stereocenters. The molecule has 0 saturated heterocycles. The molecule has 0 spiro atoms. The summed E-state index contributed by atoms with van der Waals surface area (Å²) < 4.78 is 5.30. The predicted octanol–water partition coefficient (Wildman–Crippen LogP) is 3.78. The fourth-order valence-electron chi connectivity index (χ4n) is 2.63. The highest BCUT2D eigenvalue weighted by atomic mass is 16.5. The van der Waals surface area contributed by atoms with Crippen LogP contribution in [0.2, 0.25) is 0 Å². The first-order valence-corrected chi connectivity index (χ1v) is 8.63. The number of methoxy groups -OCH3 is 1. The number of ether oxygens (including phenoxy) is 1. The third-order valence-corrected chi connectivity index (χ3v) is 4.31. The summed E-state index contributed by atoms with van der Waals surface area (Å²) in [7, 11) is 1.61. The van der Waals surface area contributed by atoms with Crippen molar-refractivity contribution in [1.29, 1.82) is 0 Å². The zero-order valence-corrected chi connectivity index (χ0v) is 15.6. The van der Waals surface area contributed by atoms with Gasteiger partial charge in [0.2, 0.25) is 0 Å². The van der Waals surface area contributed by atoms with Gasteiger partial charge in [0.1, 0.15) is 23.6 Å². The van der Waals surface area contributed by atoms with Gasteiger partial charge < -0.3 is 15.4 Å². The van der Waals surface area contributed by atoms with Crippen LogP contribution in [-0.4, -0.2) is 23.0 Å². The fourth-order valence-corrected chi connectivity index (χ4v) is 2.63. The molecular formula is C21H22N4O2. The van der Waals surface area contributed by atoms with E-state index in [1.54, 1.807) is 13.2 Å². The topological polar surface area (TPSA) is 76.1 Å². The number of nitrogens with zero attached hydrogens (tertiary/aromatic N) is 2. The second-order valence-electron chi connectivity index (χ2n) is 6.21. The Kier molecular flexibility index (Phi) is 5.66. The van der Waals surface area contributed by atoms with E-state index in [0.29, 0.717) is 18.1 Å². The van der Waals surface area contributed by atoms with Crippen LogP contribution in [0.1, 0.15) is 27.2 Å². The van der Waals surface area contributed by atoms with E-state index in [2.05, 4.69) is 34.4 Å². The number of rotatable bonds is 6. The summed E-state index contributed by atoms with van der Waals surface area (Å²) in [4.78, 5) is 20.7. The van der Waals surface area contributed by atoms with Crippen molar-refractivity contribution in [3.63, 3.8) is 0 Å². The van der Waals surface area contributed by atoms with Crippen LogP contribution < -0.4 is 15.4 Å². The Morgan fingerprint density at radius 3 is 2.63 bits per heavy atom. The molecular weight excluding hydrogens is 340 g/mol. The van der Waals surface area contributed by atoms with E-state index in [9.17, 15) is 4.79 Å². The lowest BCUT2D eigenvalue weighted by Gasteiger charge is -2.10. The number of benzene rings is 2. The number of hydrogen-bond donors (Lipinski definition) is 2. The van der Waals surface area contributed by atoms with E-state index in [-0.39, 0.29) is 5.91 Å². The van der Waals surface area contributed by atoms with Gasteiger partial charge in [-0.15, -0.1) is 0 Å². The normalized spacial score (nSPS) is 10.3. The number of para-hydroxylation sites is 1. The molecule has 138 valence electrons. The lowest BCUT2D eigenvalue weighted by Crippen LogP contribution is -2.24. The van der Waals surface area contributed by atoms with Crippen molar-refractivity contribution in [2.75, 3.05) is 12.4 Å². The predicted molar refractivity (Wildman–Crippen MR) is 105 cm³/mol. The van der Waals surface area contributed by atoms with E-state index in [1.165, 1.54) is 17.5 Å². The molecule has 1 aromatic heterocycles. The molecule has 6 heteroatoms. The molecule has 0 bridgehead atoms. The van der Waals surface area contributed by atoms with Crippen molar-refractivity contribution >= 4 is 17.4 Å². The average Bonchev–Trinajstić information content (AvgIpc) is 2.69. The van der Waals surface area contributed by atoms with E-state index in [4.69, 9.17) is 4.74 Å². The SMILES string of the molecule is COc1ccccc1CNC(=O)c1cc(Nc2ccc(C)c(C)c2)ncn1. The molecule has 2 aromatic carbocycles. The summed E-state index contributed by atoms with van der Waals surface area (Å²) in [5, 5.41) is 6.07. The maximum Gasteiger partial charge on any atom is 0.270 e. The van der Waals surface area contributed by atoms with Gasteiger partial charge in [-0.2, -0.15) is 0 Å². The minimum Gasteiger partial charge on any atom is -0.496 e. The molecule has 27 heavy (non-hydrogen) atoms. The van der Waals surface area contributed by atoms with Gasteiger partial charge in [0.25, 0.3) is 5.91 Å². The third-order valence-electron chi connectivity index (χ3n) is 4.31. The Bertz CT molecular complexity index is 956. The molecule has 3 aromatic rings. The van der Waals surface area contributed by atoms with Gasteiger partial charge in [-0.3, -0.25) is 4.79 Å². The molecule has 0 atom stereocenters. The highest BCUT2D eigenvalue weighted by Crippen LogP contribution is 2.19. The Morgan fingerprint density at radius 1 is 1.04 bits per heavy atom. The Balaban J connectivity index is 1.69. The molecule has 0 saturated carbocycles. The van der Waals surface area contributed by atoms with Crippen LogP contribution in [0, 0.1) is 13.8 Å². The zero-order valence-electron chi connectivity index (χ0n) is 15.6. The number of aryl methyl sites for hydroxylation is 2. The molecule has 0 fully saturated rings. The number of amides is 1. The zero-order chi connectivity index (χ0) is 19.2. The lowest BCUT2D eigenvalue weighted by molar-refractivity contribution is 0.0945. The van der Waals surface area contributed by atoms with Crippen molar-refractivity contribution in [2.45, 2.75) is 20.4 Å². The van der Waals surface area contributed by atoms with Gasteiger partial charge in [-0.1, -0.05) is 24.3 Å². The number of carbonyl (C=O) groups is 1. The second kappa shape index (κ2) is 8.31. The minimum absolute atomic E-state index is 0.272. The number of aromatic nitrogens is 2. The van der Waals surface area contributed by atoms with Crippen molar-refractivity contribution in [1.82, 2.24) is 15.3 Å². The molecule has 6 nitrogen and oxygen atoms in total. The second-order valence-corrected chi connectivity index (χ2v) is 6.21. The van der Waals surface area contributed by atoms with Crippen LogP contribution in [0.3, 0.4) is 0 Å². The van der Waals surface area contributed by atoms with Crippen LogP contribution >= 0.6 is 0 Å². The highest BCUT2D eigenvalue weighted by Gasteiger charge is 2.10. The first kappa shape index (κ1) is 18.4. The van der Waals surface area contributed by atoms with Crippen LogP contribution in [0.15, 0.2) is 54.9 Å². The molecule has 2 N–H and O–H groups in total. The van der Waals surface area contributed by atoms with E-state index >= 15 is 0 Å². The van der Waals surface area contributed by atoms with Crippen molar-refractivity contribution < 1.29 is 9.53 Å². The van der Waals surface area contributed by atoms with Gasteiger partial charge in [0, 0.05) is 23.9 Å². The first-order valence-electron chi connectivity index (χ1n) is 8.63. The lowest BCUT2D eigenvalue weighted by atomic mass is 10.1. The first-order chi connectivity index (χ1) is 13.1. The van der Waals surface area contributed by atoms with Gasteiger partial charge in [-0.25, -0.2) is 9.97 Å². The number of hydrogen-bond acceptors (Lipinski definition) is 5. The van der Waals surface area contributed by atoms with Crippen LogP contribution in [-0.2, 0) is 6.54 Å². The van der Waals surface area contributed by atoms with E-state index < -0.39 is 0 Å². The van der Waals surface area contributed by atoms with Gasteiger partial charge >= 0.3 is 0 Å². The van der Waals surface area contributed by atoms with Gasteiger partial charge in [-0.05, 0) is 43.2 Å². The molecule has 0 aliphatic carbocycles. The monoisotopic (exact) mass is 362 g/mol. The standard InChI is InChI=1S/C21H22N4O2/c1-14-8-9-17(10-15(14)2)25-20-11-18(23-13-24-20)21(26)22-12-16-6-4-5-7-19(16)27-3/h4-11,13H,12H2,1-3H3,(H,22,26)(H,23,24,25). The van der Waals surface area contributed by atoms with Crippen LogP contribution in [0.5, 0.6) is 5.75 Å². The molecule has 3 rings (SSSR count). The average molecular weight is 362 g/mol. The molecule has 1 amide bonds. The van der Waals surface area contributed by atoms with Crippen LogP contribution in [0.4, 0.5) is 11.5 Å². The molecule has 1 heterocycles. The van der Waals surface area contributed by atoms with E-state index in [0.717, 1.165) is 17.0 Å². The fraction of sp³-hybridized carbons (Fsp3) is 0.190. The summed E-state index contributed by atoms with van der Waals surface area (Å²) >= 11 is 0. The minimum atomic E-state index is -0.272. The summed E-state index contributed by atoms with van der Waals surface area (Å²) in [6.45, 7) is 4.47. The number of carbonyl (C=O) groups excluding carboxylic acids is 1. The van der Waals surface area contributed by atoms with Crippen molar-refractivity contribution in [3.8, 4) is 5.75 Å². The Morgan fingerprint density at radius 2 is 1.85 bits per heavy atom. The number of anilines is 2. The quantitative estimate of drug-likeness (QED) is 0.698. The van der Waals surface area contributed by atoms with Crippen molar-refractivity contribution in [2.24, 2.45) is 0 Å². The molecule has 0 aliphatic rings. The van der Waals surface area contributed by atoms with E-state index in [1.807, 2.05) is 42.5 Å².